The molecule has 0 aromatic rings. The van der Waals surface area contributed by atoms with Crippen LogP contribution in [0, 0.1) is 18.3 Å². The van der Waals surface area contributed by atoms with Crippen molar-refractivity contribution in [3.8, 4) is 12.3 Å². The summed E-state index contributed by atoms with van der Waals surface area (Å²) < 4.78 is 5.07. The molecule has 0 heterocycles. The first-order valence-corrected chi connectivity index (χ1v) is 7.42. The third-order valence-electron chi connectivity index (χ3n) is 2.65. The number of hydrogen-bond donors (Lipinski definition) is 3. The van der Waals surface area contributed by atoms with Crippen LogP contribution in [0.1, 0.15) is 47.5 Å². The molecule has 3 N–H and O–H groups in total. The second kappa shape index (κ2) is 9.03. The van der Waals surface area contributed by atoms with Crippen LogP contribution in [0.25, 0.3) is 0 Å². The van der Waals surface area contributed by atoms with Crippen LogP contribution in [0.3, 0.4) is 0 Å². The van der Waals surface area contributed by atoms with Gasteiger partial charge in [-0.1, -0.05) is 13.8 Å². The molecule has 0 aliphatic rings. The Bertz CT molecular complexity index is 474. The van der Waals surface area contributed by atoms with Crippen molar-refractivity contribution in [3.63, 3.8) is 0 Å². The first kappa shape index (κ1) is 20.8. The van der Waals surface area contributed by atoms with E-state index in [-0.39, 0.29) is 18.8 Å². The molecule has 0 aliphatic heterocycles. The van der Waals surface area contributed by atoms with E-state index in [1.165, 1.54) is 0 Å². The Balaban J connectivity index is 4.87. The minimum absolute atomic E-state index is 0.0703. The number of terminal acetylenes is 1. The lowest BCUT2D eigenvalue weighted by molar-refractivity contribution is -0.142. The molecule has 2 atom stereocenters. The molecule has 130 valence electrons. The Morgan fingerprint density at radius 1 is 1.17 bits per heavy atom. The maximum Gasteiger partial charge on any atom is 0.408 e. The molecule has 7 heteroatoms. The predicted molar refractivity (Wildman–Crippen MR) is 85.6 cm³/mol. The van der Waals surface area contributed by atoms with Crippen LogP contribution in [0.5, 0.6) is 0 Å². The summed E-state index contributed by atoms with van der Waals surface area (Å²) in [5, 5.41) is 13.9. The van der Waals surface area contributed by atoms with Crippen molar-refractivity contribution in [2.24, 2.45) is 5.92 Å². The quantitative estimate of drug-likeness (QED) is 0.615. The summed E-state index contributed by atoms with van der Waals surface area (Å²) in [5.41, 5.74) is -0.720. The zero-order valence-corrected chi connectivity index (χ0v) is 14.3. The highest BCUT2D eigenvalue weighted by molar-refractivity contribution is 5.89. The highest BCUT2D eigenvalue weighted by Gasteiger charge is 2.28. The number of ether oxygens (including phenoxy) is 1. The number of carbonyl (C=O) groups is 3. The molecular weight excluding hydrogens is 300 g/mol. The number of alkyl carbamates (subject to hydrolysis) is 1. The van der Waals surface area contributed by atoms with Gasteiger partial charge >= 0.3 is 12.1 Å². The molecule has 0 rings (SSSR count). The second-order valence-electron chi connectivity index (χ2n) is 6.64. The Kier molecular flexibility index (Phi) is 8.16. The molecule has 0 aromatic carbocycles. The van der Waals surface area contributed by atoms with Crippen LogP contribution in [0.2, 0.25) is 0 Å². The summed E-state index contributed by atoms with van der Waals surface area (Å²) in [7, 11) is 0. The van der Waals surface area contributed by atoms with Crippen LogP contribution < -0.4 is 10.6 Å². The van der Waals surface area contributed by atoms with Crippen molar-refractivity contribution in [3.05, 3.63) is 0 Å². The summed E-state index contributed by atoms with van der Waals surface area (Å²) in [6.07, 6.45) is 4.62. The molecule has 0 aromatic heterocycles. The lowest BCUT2D eigenvalue weighted by atomic mass is 10.0. The van der Waals surface area contributed by atoms with Gasteiger partial charge in [-0.15, -0.1) is 12.3 Å². The molecule has 0 saturated carbocycles. The molecule has 0 unspecified atom stereocenters. The van der Waals surface area contributed by atoms with Crippen molar-refractivity contribution >= 4 is 18.0 Å². The topological polar surface area (TPSA) is 105 Å². The fourth-order valence-electron chi connectivity index (χ4n) is 1.74. The third kappa shape index (κ3) is 9.40. The fraction of sp³-hybridized carbons (Fsp3) is 0.688. The van der Waals surface area contributed by atoms with Crippen molar-refractivity contribution in [1.29, 1.82) is 0 Å². The van der Waals surface area contributed by atoms with Crippen molar-refractivity contribution < 1.29 is 24.2 Å². The number of amides is 2. The van der Waals surface area contributed by atoms with Gasteiger partial charge in [0.15, 0.2) is 0 Å². The largest absolute Gasteiger partial charge is 0.480 e. The molecule has 0 saturated heterocycles. The first-order valence-electron chi connectivity index (χ1n) is 7.42. The average Bonchev–Trinajstić information content (AvgIpc) is 2.34. The smallest absolute Gasteiger partial charge is 0.408 e. The lowest BCUT2D eigenvalue weighted by Crippen LogP contribution is -2.52. The van der Waals surface area contributed by atoms with Gasteiger partial charge in [-0.3, -0.25) is 4.79 Å². The summed E-state index contributed by atoms with van der Waals surface area (Å²) in [6.45, 7) is 8.75. The van der Waals surface area contributed by atoms with Gasteiger partial charge in [-0.05, 0) is 33.1 Å². The van der Waals surface area contributed by atoms with Crippen molar-refractivity contribution in [1.82, 2.24) is 10.6 Å². The van der Waals surface area contributed by atoms with E-state index in [1.807, 2.05) is 13.8 Å². The molecule has 0 radical (unpaired) electrons. The van der Waals surface area contributed by atoms with Crippen LogP contribution in [0.15, 0.2) is 0 Å². The highest BCUT2D eigenvalue weighted by Crippen LogP contribution is 2.08. The molecule has 23 heavy (non-hydrogen) atoms. The number of hydrogen-bond acceptors (Lipinski definition) is 4. The summed E-state index contributed by atoms with van der Waals surface area (Å²) in [4.78, 5) is 35.1. The maximum absolute atomic E-state index is 12.2. The minimum atomic E-state index is -1.14. The molecule has 0 spiro atoms. The van der Waals surface area contributed by atoms with Crippen LogP contribution in [-0.2, 0) is 14.3 Å². The monoisotopic (exact) mass is 326 g/mol. The third-order valence-corrected chi connectivity index (χ3v) is 2.65. The number of nitrogens with one attached hydrogen (secondary N) is 2. The number of carbonyl (C=O) groups excluding carboxylic acids is 2. The highest BCUT2D eigenvalue weighted by atomic mass is 16.6. The maximum atomic E-state index is 12.2. The predicted octanol–water partition coefficient (Wildman–Crippen LogP) is 1.52. The van der Waals surface area contributed by atoms with Crippen molar-refractivity contribution in [2.45, 2.75) is 65.1 Å². The first-order chi connectivity index (χ1) is 10.5. The van der Waals surface area contributed by atoms with Gasteiger partial charge < -0.3 is 20.5 Å². The van der Waals surface area contributed by atoms with E-state index in [4.69, 9.17) is 16.3 Å². The zero-order valence-electron chi connectivity index (χ0n) is 14.3. The van der Waals surface area contributed by atoms with Crippen molar-refractivity contribution in [2.75, 3.05) is 0 Å². The lowest BCUT2D eigenvalue weighted by Gasteiger charge is -2.24. The average molecular weight is 326 g/mol. The van der Waals surface area contributed by atoms with Gasteiger partial charge in [0.25, 0.3) is 0 Å². The molecule has 0 fully saturated rings. The SMILES string of the molecule is C#CC[C@H](NC(=O)OC(C)(C)C)C(=O)N[C@@H](CC(C)C)C(=O)O. The Morgan fingerprint density at radius 3 is 2.13 bits per heavy atom. The van der Waals surface area contributed by atoms with Gasteiger partial charge in [-0.25, -0.2) is 9.59 Å². The van der Waals surface area contributed by atoms with Crippen LogP contribution >= 0.6 is 0 Å². The Hall–Kier alpha value is -2.23. The van der Waals surface area contributed by atoms with E-state index in [0.717, 1.165) is 0 Å². The minimum Gasteiger partial charge on any atom is -0.480 e. The zero-order chi connectivity index (χ0) is 18.2. The number of aliphatic carboxylic acids is 1. The molecule has 2 amide bonds. The van der Waals surface area contributed by atoms with Gasteiger partial charge in [0.1, 0.15) is 17.7 Å². The van der Waals surface area contributed by atoms with Gasteiger partial charge in [0.2, 0.25) is 5.91 Å². The number of rotatable bonds is 7. The molecule has 0 aliphatic carbocycles. The van der Waals surface area contributed by atoms with Gasteiger partial charge in [0, 0.05) is 6.42 Å². The second-order valence-corrected chi connectivity index (χ2v) is 6.64. The Morgan fingerprint density at radius 2 is 1.74 bits per heavy atom. The standard InChI is InChI=1S/C16H26N2O5/c1-7-8-11(18-15(22)23-16(4,5)6)13(19)17-12(14(20)21)9-10(2)3/h1,10-12H,8-9H2,2-6H3,(H,17,19)(H,18,22)(H,20,21)/t11-,12-/m0/s1. The fourth-order valence-corrected chi connectivity index (χ4v) is 1.74. The van der Waals surface area contributed by atoms with E-state index in [9.17, 15) is 14.4 Å². The van der Waals surface area contributed by atoms with Gasteiger partial charge in [0.05, 0.1) is 0 Å². The summed E-state index contributed by atoms with van der Waals surface area (Å²) >= 11 is 0. The molecule has 7 nitrogen and oxygen atoms in total. The van der Waals surface area contributed by atoms with Crippen LogP contribution in [-0.4, -0.2) is 40.8 Å². The molecular formula is C16H26N2O5. The van der Waals surface area contributed by atoms with Crippen LogP contribution in [0.4, 0.5) is 4.79 Å². The van der Waals surface area contributed by atoms with E-state index >= 15 is 0 Å². The van der Waals surface area contributed by atoms with E-state index < -0.39 is 35.7 Å². The molecule has 0 bridgehead atoms. The normalized spacial score (nSPS) is 13.6. The summed E-state index contributed by atoms with van der Waals surface area (Å²) in [5.74, 6) is 0.580. The van der Waals surface area contributed by atoms with Gasteiger partial charge in [-0.2, -0.15) is 0 Å². The Labute approximate surface area is 137 Å². The van der Waals surface area contributed by atoms with E-state index in [0.29, 0.717) is 0 Å². The summed E-state index contributed by atoms with van der Waals surface area (Å²) in [6, 6.07) is -2.09. The number of carboxylic acids is 1. The van der Waals surface area contributed by atoms with E-state index in [2.05, 4.69) is 16.6 Å². The van der Waals surface area contributed by atoms with E-state index in [1.54, 1.807) is 20.8 Å². The number of carboxylic acid groups (broad SMARTS) is 1.